The summed E-state index contributed by atoms with van der Waals surface area (Å²) in [4.78, 5) is 12.0. The molecule has 0 aliphatic carbocycles. The fourth-order valence-corrected chi connectivity index (χ4v) is 1.68. The van der Waals surface area contributed by atoms with Crippen LogP contribution in [0.4, 0.5) is 0 Å². The molecule has 0 fully saturated rings. The molecule has 17 heavy (non-hydrogen) atoms. The Balaban J connectivity index is 2.55. The molecule has 1 amide bonds. The van der Waals surface area contributed by atoms with Crippen molar-refractivity contribution in [2.75, 3.05) is 6.54 Å². The highest BCUT2D eigenvalue weighted by molar-refractivity contribution is 5.86. The number of benzene rings is 1. The molecule has 3 heteroatoms. The van der Waals surface area contributed by atoms with Crippen LogP contribution in [0.1, 0.15) is 38.7 Å². The van der Waals surface area contributed by atoms with Crippen molar-refractivity contribution in [3.8, 4) is 0 Å². The van der Waals surface area contributed by atoms with Crippen molar-refractivity contribution in [2.45, 2.75) is 38.6 Å². The number of hydrogen-bond donors (Lipinski definition) is 2. The van der Waals surface area contributed by atoms with Gasteiger partial charge in [-0.25, -0.2) is 0 Å². The SMILES string of the molecule is CCCCCNC(=O)C(C)(N)c1ccccc1. The first-order valence-electron chi connectivity index (χ1n) is 6.21. The van der Waals surface area contributed by atoms with Crippen LogP contribution in [0.2, 0.25) is 0 Å². The molecule has 1 unspecified atom stereocenters. The van der Waals surface area contributed by atoms with E-state index in [1.165, 1.54) is 0 Å². The number of carbonyl (C=O) groups excluding carboxylic acids is 1. The van der Waals surface area contributed by atoms with Gasteiger partial charge in [-0.1, -0.05) is 50.1 Å². The molecule has 1 aromatic carbocycles. The van der Waals surface area contributed by atoms with Crippen molar-refractivity contribution in [3.05, 3.63) is 35.9 Å². The number of unbranched alkanes of at least 4 members (excludes halogenated alkanes) is 2. The third-order valence-corrected chi connectivity index (χ3v) is 2.91. The fraction of sp³-hybridized carbons (Fsp3) is 0.500. The van der Waals surface area contributed by atoms with Gasteiger partial charge in [0.1, 0.15) is 5.54 Å². The highest BCUT2D eigenvalue weighted by Crippen LogP contribution is 2.17. The largest absolute Gasteiger partial charge is 0.354 e. The molecule has 0 aliphatic rings. The summed E-state index contributed by atoms with van der Waals surface area (Å²) in [6.45, 7) is 4.59. The first-order valence-corrected chi connectivity index (χ1v) is 6.21. The molecule has 94 valence electrons. The zero-order valence-electron chi connectivity index (χ0n) is 10.7. The lowest BCUT2D eigenvalue weighted by Crippen LogP contribution is -2.49. The molecule has 0 aliphatic heterocycles. The van der Waals surface area contributed by atoms with E-state index in [1.807, 2.05) is 30.3 Å². The van der Waals surface area contributed by atoms with E-state index in [9.17, 15) is 4.79 Å². The molecular weight excluding hydrogens is 212 g/mol. The maximum atomic E-state index is 12.0. The maximum Gasteiger partial charge on any atom is 0.244 e. The van der Waals surface area contributed by atoms with Gasteiger partial charge in [0.25, 0.3) is 0 Å². The van der Waals surface area contributed by atoms with Crippen LogP contribution in [-0.4, -0.2) is 12.5 Å². The van der Waals surface area contributed by atoms with E-state index < -0.39 is 5.54 Å². The molecule has 0 spiro atoms. The Labute approximate surface area is 103 Å². The van der Waals surface area contributed by atoms with Gasteiger partial charge in [0.2, 0.25) is 5.91 Å². The summed E-state index contributed by atoms with van der Waals surface area (Å²) in [5.41, 5.74) is 5.97. The van der Waals surface area contributed by atoms with Crippen LogP contribution in [0.5, 0.6) is 0 Å². The Morgan fingerprint density at radius 2 is 1.94 bits per heavy atom. The second kappa shape index (κ2) is 6.40. The van der Waals surface area contributed by atoms with Crippen molar-refractivity contribution < 1.29 is 4.79 Å². The standard InChI is InChI=1S/C14H22N2O/c1-3-4-8-11-16-13(17)14(2,15)12-9-6-5-7-10-12/h5-7,9-10H,3-4,8,11,15H2,1-2H3,(H,16,17). The summed E-state index contributed by atoms with van der Waals surface area (Å²) in [5.74, 6) is -0.111. The fourth-order valence-electron chi connectivity index (χ4n) is 1.68. The number of amides is 1. The van der Waals surface area contributed by atoms with Crippen molar-refractivity contribution in [2.24, 2.45) is 5.73 Å². The van der Waals surface area contributed by atoms with Gasteiger partial charge in [-0.3, -0.25) is 4.79 Å². The smallest absolute Gasteiger partial charge is 0.244 e. The molecule has 0 bridgehead atoms. The van der Waals surface area contributed by atoms with Crippen LogP contribution in [0.3, 0.4) is 0 Å². The van der Waals surface area contributed by atoms with Crippen molar-refractivity contribution in [1.82, 2.24) is 5.32 Å². The first-order chi connectivity index (χ1) is 8.09. The molecule has 0 saturated heterocycles. The average Bonchev–Trinajstić information content (AvgIpc) is 2.35. The first kappa shape index (κ1) is 13.7. The van der Waals surface area contributed by atoms with Crippen LogP contribution >= 0.6 is 0 Å². The summed E-state index contributed by atoms with van der Waals surface area (Å²) in [6, 6.07) is 9.46. The Bertz CT molecular complexity index is 346. The van der Waals surface area contributed by atoms with Crippen molar-refractivity contribution >= 4 is 5.91 Å². The van der Waals surface area contributed by atoms with E-state index in [-0.39, 0.29) is 5.91 Å². The second-order valence-corrected chi connectivity index (χ2v) is 4.53. The zero-order chi connectivity index (χ0) is 12.7. The monoisotopic (exact) mass is 234 g/mol. The number of hydrogen-bond acceptors (Lipinski definition) is 2. The molecular formula is C14H22N2O. The normalized spacial score (nSPS) is 14.1. The van der Waals surface area contributed by atoms with Crippen LogP contribution in [0.25, 0.3) is 0 Å². The number of nitrogens with one attached hydrogen (secondary N) is 1. The molecule has 3 N–H and O–H groups in total. The van der Waals surface area contributed by atoms with Crippen LogP contribution in [0.15, 0.2) is 30.3 Å². The van der Waals surface area contributed by atoms with Gasteiger partial charge < -0.3 is 11.1 Å². The van der Waals surface area contributed by atoms with Crippen LogP contribution < -0.4 is 11.1 Å². The van der Waals surface area contributed by atoms with Gasteiger partial charge in [0, 0.05) is 6.54 Å². The lowest BCUT2D eigenvalue weighted by atomic mass is 9.92. The Kier molecular flexibility index (Phi) is 5.16. The van der Waals surface area contributed by atoms with Gasteiger partial charge in [-0.05, 0) is 18.9 Å². The molecule has 3 nitrogen and oxygen atoms in total. The minimum atomic E-state index is -0.951. The number of carbonyl (C=O) groups is 1. The minimum absolute atomic E-state index is 0.111. The van der Waals surface area contributed by atoms with E-state index in [0.717, 1.165) is 24.8 Å². The molecule has 0 heterocycles. The summed E-state index contributed by atoms with van der Waals surface area (Å²) in [6.07, 6.45) is 3.29. The average molecular weight is 234 g/mol. The predicted octanol–water partition coefficient (Wildman–Crippen LogP) is 2.17. The van der Waals surface area contributed by atoms with Gasteiger partial charge in [0.05, 0.1) is 0 Å². The van der Waals surface area contributed by atoms with Crippen LogP contribution in [-0.2, 0) is 10.3 Å². The quantitative estimate of drug-likeness (QED) is 0.741. The summed E-state index contributed by atoms with van der Waals surface area (Å²) < 4.78 is 0. The van der Waals surface area contributed by atoms with E-state index in [4.69, 9.17) is 5.73 Å². The van der Waals surface area contributed by atoms with Crippen molar-refractivity contribution in [3.63, 3.8) is 0 Å². The maximum absolute atomic E-state index is 12.0. The predicted molar refractivity (Wildman–Crippen MR) is 70.5 cm³/mol. The lowest BCUT2D eigenvalue weighted by molar-refractivity contribution is -0.126. The number of nitrogens with two attached hydrogens (primary N) is 1. The molecule has 1 atom stereocenters. The third kappa shape index (κ3) is 3.86. The molecule has 1 rings (SSSR count). The van der Waals surface area contributed by atoms with Gasteiger partial charge in [-0.2, -0.15) is 0 Å². The highest BCUT2D eigenvalue weighted by Gasteiger charge is 2.29. The van der Waals surface area contributed by atoms with Gasteiger partial charge >= 0.3 is 0 Å². The molecule has 0 saturated carbocycles. The lowest BCUT2D eigenvalue weighted by Gasteiger charge is -2.24. The summed E-state index contributed by atoms with van der Waals surface area (Å²) in [5, 5.41) is 2.89. The Morgan fingerprint density at radius 1 is 1.29 bits per heavy atom. The Hall–Kier alpha value is -1.35. The Morgan fingerprint density at radius 3 is 2.53 bits per heavy atom. The molecule has 0 radical (unpaired) electrons. The van der Waals surface area contributed by atoms with E-state index in [2.05, 4.69) is 12.2 Å². The minimum Gasteiger partial charge on any atom is -0.354 e. The molecule has 1 aromatic rings. The van der Waals surface area contributed by atoms with E-state index in [0.29, 0.717) is 6.54 Å². The zero-order valence-corrected chi connectivity index (χ0v) is 10.7. The van der Waals surface area contributed by atoms with Crippen LogP contribution in [0, 0.1) is 0 Å². The second-order valence-electron chi connectivity index (χ2n) is 4.53. The topological polar surface area (TPSA) is 55.1 Å². The summed E-state index contributed by atoms with van der Waals surface area (Å²) >= 11 is 0. The molecule has 0 aromatic heterocycles. The summed E-state index contributed by atoms with van der Waals surface area (Å²) in [7, 11) is 0. The van der Waals surface area contributed by atoms with E-state index >= 15 is 0 Å². The number of rotatable bonds is 6. The highest BCUT2D eigenvalue weighted by atomic mass is 16.2. The van der Waals surface area contributed by atoms with Crippen molar-refractivity contribution in [1.29, 1.82) is 0 Å². The van der Waals surface area contributed by atoms with Gasteiger partial charge in [0.15, 0.2) is 0 Å². The van der Waals surface area contributed by atoms with Gasteiger partial charge in [-0.15, -0.1) is 0 Å². The third-order valence-electron chi connectivity index (χ3n) is 2.91. The van der Waals surface area contributed by atoms with E-state index in [1.54, 1.807) is 6.92 Å².